The van der Waals surface area contributed by atoms with Gasteiger partial charge >= 0.3 is 0 Å². The van der Waals surface area contributed by atoms with Crippen molar-refractivity contribution < 1.29 is 4.84 Å². The first kappa shape index (κ1) is 8.41. The van der Waals surface area contributed by atoms with E-state index in [1.807, 2.05) is 6.07 Å². The van der Waals surface area contributed by atoms with Gasteiger partial charge in [0.15, 0.2) is 6.10 Å². The minimum absolute atomic E-state index is 0.412. The van der Waals surface area contributed by atoms with Crippen LogP contribution in [0.1, 0.15) is 26.2 Å². The van der Waals surface area contributed by atoms with Crippen molar-refractivity contribution in [3.05, 3.63) is 0 Å². The maximum Gasteiger partial charge on any atom is 0.165 e. The fourth-order valence-corrected chi connectivity index (χ4v) is 0.553. The molecule has 0 fully saturated rings. The quantitative estimate of drug-likeness (QED) is 0.573. The Balaban J connectivity index is 3.23. The topological polar surface area (TPSA) is 59.0 Å². The van der Waals surface area contributed by atoms with Crippen LogP contribution >= 0.6 is 0 Å². The van der Waals surface area contributed by atoms with Gasteiger partial charge in [-0.25, -0.2) is 5.90 Å². The first-order valence-corrected chi connectivity index (χ1v) is 3.10. The third-order valence-electron chi connectivity index (χ3n) is 1.13. The molecule has 0 saturated heterocycles. The summed E-state index contributed by atoms with van der Waals surface area (Å²) in [7, 11) is 0. The van der Waals surface area contributed by atoms with Gasteiger partial charge in [-0.3, -0.25) is 4.84 Å². The zero-order valence-corrected chi connectivity index (χ0v) is 5.63. The number of nitriles is 1. The van der Waals surface area contributed by atoms with E-state index in [0.717, 1.165) is 19.3 Å². The largest absolute Gasteiger partial charge is 0.286 e. The monoisotopic (exact) mass is 128 g/mol. The molecule has 0 aliphatic carbocycles. The van der Waals surface area contributed by atoms with Gasteiger partial charge in [0.2, 0.25) is 0 Å². The van der Waals surface area contributed by atoms with Crippen molar-refractivity contribution in [3.63, 3.8) is 0 Å². The molecule has 0 aromatic carbocycles. The molecule has 3 heteroatoms. The molecular formula is C6H12N2O. The Bertz CT molecular complexity index is 97.7. The van der Waals surface area contributed by atoms with Crippen LogP contribution in [0.4, 0.5) is 0 Å². The Morgan fingerprint density at radius 1 is 1.78 bits per heavy atom. The van der Waals surface area contributed by atoms with Gasteiger partial charge < -0.3 is 0 Å². The molecule has 0 aliphatic rings. The van der Waals surface area contributed by atoms with Gasteiger partial charge in [0.1, 0.15) is 0 Å². The Morgan fingerprint density at radius 2 is 2.44 bits per heavy atom. The Labute approximate surface area is 55.4 Å². The van der Waals surface area contributed by atoms with Crippen LogP contribution in [0.3, 0.4) is 0 Å². The van der Waals surface area contributed by atoms with Crippen molar-refractivity contribution in [1.82, 2.24) is 0 Å². The maximum atomic E-state index is 8.30. The van der Waals surface area contributed by atoms with Crippen molar-refractivity contribution in [2.24, 2.45) is 5.90 Å². The van der Waals surface area contributed by atoms with Gasteiger partial charge in [-0.2, -0.15) is 5.26 Å². The van der Waals surface area contributed by atoms with E-state index < -0.39 is 6.10 Å². The molecule has 3 nitrogen and oxygen atoms in total. The average molecular weight is 128 g/mol. The highest BCUT2D eigenvalue weighted by Crippen LogP contribution is 2.00. The van der Waals surface area contributed by atoms with Crippen molar-refractivity contribution in [1.29, 1.82) is 5.26 Å². The molecule has 0 bridgehead atoms. The van der Waals surface area contributed by atoms with E-state index in [2.05, 4.69) is 11.8 Å². The van der Waals surface area contributed by atoms with Gasteiger partial charge in [0.25, 0.3) is 0 Å². The van der Waals surface area contributed by atoms with Gasteiger partial charge in [-0.05, 0) is 12.8 Å². The fourth-order valence-electron chi connectivity index (χ4n) is 0.553. The highest BCUT2D eigenvalue weighted by molar-refractivity contribution is 4.82. The molecule has 0 aliphatic heterocycles. The van der Waals surface area contributed by atoms with Gasteiger partial charge in [0.05, 0.1) is 6.07 Å². The molecule has 0 saturated carbocycles. The standard InChI is InChI=1S/C6H12N2O/c1-2-3-4-6(5-7)9-8/h6H,2-4,8H2,1H3. The van der Waals surface area contributed by atoms with E-state index >= 15 is 0 Å². The lowest BCUT2D eigenvalue weighted by Crippen LogP contribution is -2.14. The highest BCUT2D eigenvalue weighted by Gasteiger charge is 2.02. The van der Waals surface area contributed by atoms with Crippen LogP contribution in [0.5, 0.6) is 0 Å². The first-order valence-electron chi connectivity index (χ1n) is 3.10. The number of nitrogens with zero attached hydrogens (tertiary/aromatic N) is 1. The van der Waals surface area contributed by atoms with Crippen LogP contribution in [-0.2, 0) is 4.84 Å². The summed E-state index contributed by atoms with van der Waals surface area (Å²) in [6.07, 6.45) is 2.39. The van der Waals surface area contributed by atoms with E-state index in [4.69, 9.17) is 11.2 Å². The molecule has 9 heavy (non-hydrogen) atoms. The van der Waals surface area contributed by atoms with Crippen molar-refractivity contribution in [2.75, 3.05) is 0 Å². The predicted molar refractivity (Wildman–Crippen MR) is 34.2 cm³/mol. The number of nitrogens with two attached hydrogens (primary N) is 1. The first-order chi connectivity index (χ1) is 4.35. The lowest BCUT2D eigenvalue weighted by molar-refractivity contribution is 0.0841. The summed E-state index contributed by atoms with van der Waals surface area (Å²) in [5.74, 6) is 4.80. The third kappa shape index (κ3) is 3.95. The molecule has 1 atom stereocenters. The van der Waals surface area contributed by atoms with Crippen LogP contribution in [0.2, 0.25) is 0 Å². The summed E-state index contributed by atoms with van der Waals surface area (Å²) in [6, 6.07) is 1.94. The summed E-state index contributed by atoms with van der Waals surface area (Å²) in [5, 5.41) is 8.30. The molecule has 0 spiro atoms. The van der Waals surface area contributed by atoms with Crippen molar-refractivity contribution in [2.45, 2.75) is 32.3 Å². The molecule has 0 radical (unpaired) electrons. The van der Waals surface area contributed by atoms with E-state index in [9.17, 15) is 0 Å². The number of hydrogen-bond acceptors (Lipinski definition) is 3. The van der Waals surface area contributed by atoms with Crippen molar-refractivity contribution in [3.8, 4) is 6.07 Å². The zero-order chi connectivity index (χ0) is 7.11. The van der Waals surface area contributed by atoms with E-state index in [1.165, 1.54) is 0 Å². The van der Waals surface area contributed by atoms with Crippen molar-refractivity contribution >= 4 is 0 Å². The molecule has 1 unspecified atom stereocenters. The summed E-state index contributed by atoms with van der Waals surface area (Å²) in [4.78, 5) is 4.34. The summed E-state index contributed by atoms with van der Waals surface area (Å²) in [5.41, 5.74) is 0. The highest BCUT2D eigenvalue weighted by atomic mass is 16.6. The Kier molecular flexibility index (Phi) is 5.18. The third-order valence-corrected chi connectivity index (χ3v) is 1.13. The SMILES string of the molecule is CCCCC(C#N)ON. The minimum Gasteiger partial charge on any atom is -0.286 e. The molecule has 52 valence electrons. The van der Waals surface area contributed by atoms with E-state index in [1.54, 1.807) is 0 Å². The lowest BCUT2D eigenvalue weighted by atomic mass is 10.2. The van der Waals surface area contributed by atoms with Crippen LogP contribution in [0.25, 0.3) is 0 Å². The zero-order valence-electron chi connectivity index (χ0n) is 5.63. The fraction of sp³-hybridized carbons (Fsp3) is 0.833. The second-order valence-corrected chi connectivity index (χ2v) is 1.90. The molecule has 0 amide bonds. The molecule has 0 aromatic heterocycles. The Morgan fingerprint density at radius 3 is 2.78 bits per heavy atom. The molecule has 0 heterocycles. The second-order valence-electron chi connectivity index (χ2n) is 1.90. The molecule has 0 rings (SSSR count). The summed E-state index contributed by atoms with van der Waals surface area (Å²) >= 11 is 0. The van der Waals surface area contributed by atoms with Crippen LogP contribution < -0.4 is 5.90 Å². The smallest absolute Gasteiger partial charge is 0.165 e. The van der Waals surface area contributed by atoms with Crippen LogP contribution in [0.15, 0.2) is 0 Å². The average Bonchev–Trinajstić information content (AvgIpc) is 1.91. The summed E-state index contributed by atoms with van der Waals surface area (Å²) in [6.45, 7) is 2.06. The molecule has 2 N–H and O–H groups in total. The van der Waals surface area contributed by atoms with Crippen LogP contribution in [-0.4, -0.2) is 6.10 Å². The van der Waals surface area contributed by atoms with E-state index in [-0.39, 0.29) is 0 Å². The van der Waals surface area contributed by atoms with Crippen LogP contribution in [0, 0.1) is 11.3 Å². The second kappa shape index (κ2) is 5.54. The van der Waals surface area contributed by atoms with Gasteiger partial charge in [-0.15, -0.1) is 0 Å². The van der Waals surface area contributed by atoms with Gasteiger partial charge in [0, 0.05) is 0 Å². The minimum atomic E-state index is -0.412. The van der Waals surface area contributed by atoms with Gasteiger partial charge in [-0.1, -0.05) is 13.3 Å². The Hall–Kier alpha value is -0.590. The molecular weight excluding hydrogens is 116 g/mol. The molecule has 0 aromatic rings. The normalized spacial score (nSPS) is 12.6. The number of unbranched alkanes of at least 4 members (excludes halogenated alkanes) is 1. The maximum absolute atomic E-state index is 8.30. The number of rotatable bonds is 4. The number of hydrogen-bond donors (Lipinski definition) is 1. The lowest BCUT2D eigenvalue weighted by Gasteiger charge is -2.02. The summed E-state index contributed by atoms with van der Waals surface area (Å²) < 4.78 is 0. The predicted octanol–water partition coefficient (Wildman–Crippen LogP) is 0.959. The van der Waals surface area contributed by atoms with E-state index in [0.29, 0.717) is 0 Å².